The summed E-state index contributed by atoms with van der Waals surface area (Å²) in [7, 11) is 1.35. The Morgan fingerprint density at radius 1 is 1.00 bits per heavy atom. The van der Waals surface area contributed by atoms with E-state index in [1.807, 2.05) is 0 Å². The minimum atomic E-state index is -0.616. The van der Waals surface area contributed by atoms with Crippen molar-refractivity contribution in [3.8, 4) is 5.75 Å². The Hall–Kier alpha value is -2.66. The van der Waals surface area contributed by atoms with Crippen molar-refractivity contribution in [3.63, 3.8) is 0 Å². The van der Waals surface area contributed by atoms with Crippen molar-refractivity contribution in [3.05, 3.63) is 64.4 Å². The van der Waals surface area contributed by atoms with Gasteiger partial charge in [-0.25, -0.2) is 4.39 Å². The predicted octanol–water partition coefficient (Wildman–Crippen LogP) is 3.05. The molecule has 4 nitrogen and oxygen atoms in total. The van der Waals surface area contributed by atoms with Crippen molar-refractivity contribution >= 4 is 34.6 Å². The molecule has 23 heavy (non-hydrogen) atoms. The Labute approximate surface area is 136 Å². The Balaban J connectivity index is 2.21. The van der Waals surface area contributed by atoms with E-state index < -0.39 is 17.6 Å². The van der Waals surface area contributed by atoms with E-state index in [0.29, 0.717) is 16.1 Å². The fourth-order valence-corrected chi connectivity index (χ4v) is 2.66. The maximum atomic E-state index is 13.9. The molecule has 0 unspecified atom stereocenters. The molecule has 1 aliphatic rings. The highest BCUT2D eigenvalue weighted by Gasteiger charge is 2.32. The Kier molecular flexibility index (Phi) is 3.88. The number of ether oxygens (including phenoxy) is 1. The molecule has 1 aliphatic heterocycles. The second-order valence-corrected chi connectivity index (χ2v) is 5.33. The lowest BCUT2D eigenvalue weighted by Gasteiger charge is -2.07. The SMILES string of the molecule is COc1ccc(C2=C(c3cccc(Cl)c3)C(=O)NC2=O)cc1F. The van der Waals surface area contributed by atoms with Gasteiger partial charge in [0.05, 0.1) is 18.3 Å². The summed E-state index contributed by atoms with van der Waals surface area (Å²) in [4.78, 5) is 24.3. The molecule has 6 heteroatoms. The molecular formula is C17H11ClFNO3. The summed E-state index contributed by atoms with van der Waals surface area (Å²) in [6, 6.07) is 10.7. The van der Waals surface area contributed by atoms with Crippen molar-refractivity contribution in [1.29, 1.82) is 0 Å². The highest BCUT2D eigenvalue weighted by molar-refractivity contribution is 6.49. The summed E-state index contributed by atoms with van der Waals surface area (Å²) in [5.74, 6) is -1.67. The van der Waals surface area contributed by atoms with Crippen molar-refractivity contribution in [2.24, 2.45) is 0 Å². The van der Waals surface area contributed by atoms with Gasteiger partial charge in [0.1, 0.15) is 0 Å². The molecule has 3 rings (SSSR count). The van der Waals surface area contributed by atoms with E-state index in [1.54, 1.807) is 24.3 Å². The topological polar surface area (TPSA) is 55.4 Å². The number of hydrogen-bond acceptors (Lipinski definition) is 3. The summed E-state index contributed by atoms with van der Waals surface area (Å²) < 4.78 is 18.8. The average molecular weight is 332 g/mol. The van der Waals surface area contributed by atoms with Gasteiger partial charge in [-0.3, -0.25) is 14.9 Å². The Morgan fingerprint density at radius 3 is 2.22 bits per heavy atom. The number of imide groups is 1. The summed E-state index contributed by atoms with van der Waals surface area (Å²) in [5, 5.41) is 2.67. The number of hydrogen-bond donors (Lipinski definition) is 1. The molecule has 2 aromatic rings. The molecule has 116 valence electrons. The van der Waals surface area contributed by atoms with Gasteiger partial charge in [0, 0.05) is 5.02 Å². The lowest BCUT2D eigenvalue weighted by atomic mass is 9.96. The minimum Gasteiger partial charge on any atom is -0.494 e. The Bertz CT molecular complexity index is 861. The molecule has 0 spiro atoms. The normalized spacial score (nSPS) is 14.2. The van der Waals surface area contributed by atoms with E-state index in [2.05, 4.69) is 5.32 Å². The van der Waals surface area contributed by atoms with Crippen LogP contribution in [0.1, 0.15) is 11.1 Å². The molecule has 2 amide bonds. The zero-order valence-electron chi connectivity index (χ0n) is 12.0. The smallest absolute Gasteiger partial charge is 0.259 e. The van der Waals surface area contributed by atoms with Crippen LogP contribution >= 0.6 is 11.6 Å². The van der Waals surface area contributed by atoms with Crippen LogP contribution < -0.4 is 10.1 Å². The van der Waals surface area contributed by atoms with Crippen LogP contribution in [0.3, 0.4) is 0 Å². The zero-order valence-corrected chi connectivity index (χ0v) is 12.8. The molecule has 1 heterocycles. The number of benzene rings is 2. The summed E-state index contributed by atoms with van der Waals surface area (Å²) in [6.07, 6.45) is 0. The number of nitrogens with one attached hydrogen (secondary N) is 1. The monoisotopic (exact) mass is 331 g/mol. The Morgan fingerprint density at radius 2 is 1.65 bits per heavy atom. The number of methoxy groups -OCH3 is 1. The molecule has 1 N–H and O–H groups in total. The van der Waals surface area contributed by atoms with Gasteiger partial charge >= 0.3 is 0 Å². The molecule has 0 aliphatic carbocycles. The van der Waals surface area contributed by atoms with E-state index in [1.165, 1.54) is 19.2 Å². The van der Waals surface area contributed by atoms with Gasteiger partial charge in [0.2, 0.25) is 0 Å². The lowest BCUT2D eigenvalue weighted by Crippen LogP contribution is -2.22. The van der Waals surface area contributed by atoms with E-state index in [-0.39, 0.29) is 16.9 Å². The van der Waals surface area contributed by atoms with Crippen LogP contribution in [0, 0.1) is 5.82 Å². The summed E-state index contributed by atoms with van der Waals surface area (Å²) in [5.41, 5.74) is 1.06. The molecule has 0 bridgehead atoms. The van der Waals surface area contributed by atoms with Crippen LogP contribution in [0.2, 0.25) is 5.02 Å². The lowest BCUT2D eigenvalue weighted by molar-refractivity contribution is -0.122. The maximum absolute atomic E-state index is 13.9. The van der Waals surface area contributed by atoms with Crippen molar-refractivity contribution < 1.29 is 18.7 Å². The second-order valence-electron chi connectivity index (χ2n) is 4.89. The van der Waals surface area contributed by atoms with Gasteiger partial charge in [-0.15, -0.1) is 0 Å². The fraction of sp³-hybridized carbons (Fsp3) is 0.0588. The minimum absolute atomic E-state index is 0.0587. The molecule has 0 fully saturated rings. The van der Waals surface area contributed by atoms with Gasteiger partial charge in [0.15, 0.2) is 11.6 Å². The third-order valence-electron chi connectivity index (χ3n) is 3.48. The van der Waals surface area contributed by atoms with Crippen molar-refractivity contribution in [2.75, 3.05) is 7.11 Å². The van der Waals surface area contributed by atoms with Crippen LogP contribution in [0.15, 0.2) is 42.5 Å². The second kappa shape index (κ2) is 5.85. The highest BCUT2D eigenvalue weighted by atomic mass is 35.5. The highest BCUT2D eigenvalue weighted by Crippen LogP contribution is 2.33. The number of amides is 2. The molecular weight excluding hydrogens is 321 g/mol. The summed E-state index contributed by atoms with van der Waals surface area (Å²) in [6.45, 7) is 0. The van der Waals surface area contributed by atoms with Crippen LogP contribution in [-0.2, 0) is 9.59 Å². The fourth-order valence-electron chi connectivity index (χ4n) is 2.47. The van der Waals surface area contributed by atoms with Gasteiger partial charge in [-0.2, -0.15) is 0 Å². The molecule has 2 aromatic carbocycles. The number of halogens is 2. The van der Waals surface area contributed by atoms with Gasteiger partial charge in [-0.1, -0.05) is 29.8 Å². The van der Waals surface area contributed by atoms with Crippen LogP contribution in [0.4, 0.5) is 4.39 Å². The molecule has 0 saturated carbocycles. The van der Waals surface area contributed by atoms with Crippen LogP contribution in [-0.4, -0.2) is 18.9 Å². The number of carbonyl (C=O) groups excluding carboxylic acids is 2. The van der Waals surface area contributed by atoms with Crippen molar-refractivity contribution in [2.45, 2.75) is 0 Å². The maximum Gasteiger partial charge on any atom is 0.259 e. The third-order valence-corrected chi connectivity index (χ3v) is 3.72. The quantitative estimate of drug-likeness (QED) is 0.879. The first-order valence-corrected chi connectivity index (χ1v) is 7.09. The number of carbonyl (C=O) groups is 2. The molecule has 0 saturated heterocycles. The molecule has 0 radical (unpaired) electrons. The predicted molar refractivity (Wildman–Crippen MR) is 84.4 cm³/mol. The van der Waals surface area contributed by atoms with Crippen LogP contribution in [0.5, 0.6) is 5.75 Å². The zero-order chi connectivity index (χ0) is 16.6. The van der Waals surface area contributed by atoms with Gasteiger partial charge in [-0.05, 0) is 35.4 Å². The largest absolute Gasteiger partial charge is 0.494 e. The van der Waals surface area contributed by atoms with E-state index in [9.17, 15) is 14.0 Å². The standard InChI is InChI=1S/C17H11ClFNO3/c1-23-13-6-5-10(8-12(13)19)15-14(16(21)20-17(15)22)9-3-2-4-11(18)7-9/h2-8H,1H3,(H,20,21,22). The first kappa shape index (κ1) is 15.2. The molecule has 0 aromatic heterocycles. The number of rotatable bonds is 3. The summed E-state index contributed by atoms with van der Waals surface area (Å²) >= 11 is 5.95. The van der Waals surface area contributed by atoms with Gasteiger partial charge in [0.25, 0.3) is 11.8 Å². The first-order chi connectivity index (χ1) is 11.0. The van der Waals surface area contributed by atoms with Crippen molar-refractivity contribution in [1.82, 2.24) is 5.32 Å². The average Bonchev–Trinajstić information content (AvgIpc) is 2.81. The first-order valence-electron chi connectivity index (χ1n) is 6.71. The van der Waals surface area contributed by atoms with E-state index >= 15 is 0 Å². The van der Waals surface area contributed by atoms with Crippen LogP contribution in [0.25, 0.3) is 11.1 Å². The molecule has 0 atom stereocenters. The van der Waals surface area contributed by atoms with E-state index in [0.717, 1.165) is 6.07 Å². The third kappa shape index (κ3) is 2.71. The van der Waals surface area contributed by atoms with E-state index in [4.69, 9.17) is 16.3 Å². The van der Waals surface area contributed by atoms with Gasteiger partial charge < -0.3 is 4.74 Å².